The molecule has 0 spiro atoms. The van der Waals surface area contributed by atoms with Crippen LogP contribution in [-0.4, -0.2) is 32.6 Å². The minimum atomic E-state index is -0.725. The quantitative estimate of drug-likeness (QED) is 0.742. The smallest absolute Gasteiger partial charge is 0.238 e. The highest BCUT2D eigenvalue weighted by molar-refractivity contribution is 8.01. The molecule has 1 atom stereocenters. The lowest BCUT2D eigenvalue weighted by Gasteiger charge is -2.29. The largest absolute Gasteiger partial charge is 0.368 e. The van der Waals surface area contributed by atoms with Gasteiger partial charge in [0.1, 0.15) is 11.4 Å². The topological polar surface area (TPSA) is 80.9 Å². The van der Waals surface area contributed by atoms with E-state index in [-0.39, 0.29) is 11.9 Å². The van der Waals surface area contributed by atoms with E-state index < -0.39 is 5.54 Å². The van der Waals surface area contributed by atoms with Gasteiger partial charge in [0.2, 0.25) is 5.91 Å². The lowest BCUT2D eigenvalue weighted by Crippen LogP contribution is -2.57. The van der Waals surface area contributed by atoms with E-state index in [2.05, 4.69) is 14.7 Å². The molecule has 0 saturated carbocycles. The monoisotopic (exact) mass is 288 g/mol. The van der Waals surface area contributed by atoms with Crippen LogP contribution in [0.5, 0.6) is 0 Å². The summed E-state index contributed by atoms with van der Waals surface area (Å²) in [6, 6.07) is 0.198. The number of rotatable bonds is 7. The van der Waals surface area contributed by atoms with Crippen molar-refractivity contribution < 1.29 is 4.79 Å². The summed E-state index contributed by atoms with van der Waals surface area (Å²) < 4.78 is 5.09. The maximum Gasteiger partial charge on any atom is 0.238 e. The van der Waals surface area contributed by atoms with Gasteiger partial charge in [0.15, 0.2) is 4.34 Å². The van der Waals surface area contributed by atoms with E-state index in [1.807, 2.05) is 27.7 Å². The predicted octanol–water partition coefficient (Wildman–Crippen LogP) is 1.43. The van der Waals surface area contributed by atoms with Gasteiger partial charge < -0.3 is 11.1 Å². The molecule has 1 rings (SSSR count). The molecule has 1 unspecified atom stereocenters. The fraction of sp³-hybridized carbons (Fsp3) is 0.727. The van der Waals surface area contributed by atoms with Crippen molar-refractivity contribution in [3.63, 3.8) is 0 Å². The van der Waals surface area contributed by atoms with Crippen molar-refractivity contribution in [1.29, 1.82) is 0 Å². The highest BCUT2D eigenvalue weighted by Crippen LogP contribution is 2.24. The summed E-state index contributed by atoms with van der Waals surface area (Å²) in [7, 11) is 0. The summed E-state index contributed by atoms with van der Waals surface area (Å²) in [6.45, 7) is 7.83. The highest BCUT2D eigenvalue weighted by Gasteiger charge is 2.32. The molecule has 1 aromatic heterocycles. The minimum absolute atomic E-state index is 0.198. The van der Waals surface area contributed by atoms with Gasteiger partial charge in [-0.25, -0.2) is 4.98 Å². The number of nitrogens with one attached hydrogen (secondary N) is 1. The molecule has 102 valence electrons. The number of aryl methyl sites for hydroxylation is 1. The first kappa shape index (κ1) is 15.4. The molecule has 0 aliphatic heterocycles. The van der Waals surface area contributed by atoms with Crippen LogP contribution in [0.2, 0.25) is 0 Å². The van der Waals surface area contributed by atoms with Crippen LogP contribution in [0.4, 0.5) is 0 Å². The van der Waals surface area contributed by atoms with E-state index in [9.17, 15) is 4.79 Å². The Morgan fingerprint density at radius 1 is 1.61 bits per heavy atom. The third-order valence-electron chi connectivity index (χ3n) is 2.40. The third kappa shape index (κ3) is 4.22. The molecule has 5 nitrogen and oxygen atoms in total. The molecule has 7 heteroatoms. The Kier molecular flexibility index (Phi) is 5.55. The molecule has 0 aromatic carbocycles. The van der Waals surface area contributed by atoms with Crippen LogP contribution in [0, 0.1) is 0 Å². The van der Waals surface area contributed by atoms with E-state index in [0.717, 1.165) is 16.6 Å². The molecular formula is C11H20N4OS2. The van der Waals surface area contributed by atoms with Gasteiger partial charge in [-0.05, 0) is 32.3 Å². The van der Waals surface area contributed by atoms with Crippen molar-refractivity contribution in [3.05, 3.63) is 5.82 Å². The summed E-state index contributed by atoms with van der Waals surface area (Å²) in [4.78, 5) is 15.9. The number of hydrogen-bond donors (Lipinski definition) is 2. The average molecular weight is 288 g/mol. The molecule has 1 amide bonds. The van der Waals surface area contributed by atoms with Crippen LogP contribution < -0.4 is 11.1 Å². The second-order valence-electron chi connectivity index (χ2n) is 4.61. The maximum absolute atomic E-state index is 11.6. The number of amides is 1. The van der Waals surface area contributed by atoms with Crippen molar-refractivity contribution in [2.24, 2.45) is 5.73 Å². The number of carbonyl (C=O) groups excluding carboxylic acids is 1. The molecule has 0 bridgehead atoms. The van der Waals surface area contributed by atoms with E-state index >= 15 is 0 Å². The molecule has 0 radical (unpaired) electrons. The number of thioether (sulfide) groups is 1. The zero-order chi connectivity index (χ0) is 13.8. The van der Waals surface area contributed by atoms with Crippen LogP contribution in [-0.2, 0) is 11.2 Å². The van der Waals surface area contributed by atoms with Crippen LogP contribution >= 0.6 is 23.3 Å². The van der Waals surface area contributed by atoms with Gasteiger partial charge >= 0.3 is 0 Å². The summed E-state index contributed by atoms with van der Waals surface area (Å²) in [5.41, 5.74) is 4.74. The van der Waals surface area contributed by atoms with Gasteiger partial charge in [-0.1, -0.05) is 18.7 Å². The van der Waals surface area contributed by atoms with Crippen LogP contribution in [0.3, 0.4) is 0 Å². The molecule has 0 fully saturated rings. The van der Waals surface area contributed by atoms with Crippen molar-refractivity contribution in [3.8, 4) is 0 Å². The van der Waals surface area contributed by atoms with Gasteiger partial charge in [-0.3, -0.25) is 4.79 Å². The first-order chi connectivity index (χ1) is 8.37. The van der Waals surface area contributed by atoms with Gasteiger partial charge in [0.25, 0.3) is 0 Å². The van der Waals surface area contributed by atoms with Gasteiger partial charge in [-0.15, -0.1) is 0 Å². The molecular weight excluding hydrogens is 268 g/mol. The Morgan fingerprint density at radius 3 is 2.72 bits per heavy atom. The third-order valence-corrected chi connectivity index (χ3v) is 4.59. The normalized spacial score (nSPS) is 14.7. The Balaban J connectivity index is 2.64. The van der Waals surface area contributed by atoms with E-state index in [0.29, 0.717) is 5.75 Å². The van der Waals surface area contributed by atoms with E-state index in [1.165, 1.54) is 23.3 Å². The zero-order valence-electron chi connectivity index (χ0n) is 11.2. The average Bonchev–Trinajstić information content (AvgIpc) is 2.73. The van der Waals surface area contributed by atoms with Gasteiger partial charge in [0, 0.05) is 18.2 Å². The lowest BCUT2D eigenvalue weighted by molar-refractivity contribution is -0.123. The van der Waals surface area contributed by atoms with Gasteiger partial charge in [-0.2, -0.15) is 4.37 Å². The molecule has 0 aliphatic rings. The highest BCUT2D eigenvalue weighted by atomic mass is 32.2. The summed E-state index contributed by atoms with van der Waals surface area (Å²) in [5.74, 6) is 1.06. The van der Waals surface area contributed by atoms with E-state index in [1.54, 1.807) is 0 Å². The first-order valence-electron chi connectivity index (χ1n) is 5.90. The number of aromatic nitrogens is 2. The van der Waals surface area contributed by atoms with Crippen LogP contribution in [0.25, 0.3) is 0 Å². The maximum atomic E-state index is 11.6. The fourth-order valence-electron chi connectivity index (χ4n) is 1.47. The molecule has 1 heterocycles. The lowest BCUT2D eigenvalue weighted by atomic mass is 10.0. The number of nitrogens with zero attached hydrogens (tertiary/aromatic N) is 2. The van der Waals surface area contributed by atoms with Crippen molar-refractivity contribution in [2.45, 2.75) is 50.0 Å². The van der Waals surface area contributed by atoms with Crippen molar-refractivity contribution in [1.82, 2.24) is 14.7 Å². The molecule has 0 saturated heterocycles. The number of hydrogen-bond acceptors (Lipinski definition) is 6. The second-order valence-corrected chi connectivity index (χ2v) is 6.59. The zero-order valence-corrected chi connectivity index (χ0v) is 12.8. The SMILES string of the molecule is CCc1nsc(SCC(C)(NC(C)C)C(N)=O)n1. The summed E-state index contributed by atoms with van der Waals surface area (Å²) >= 11 is 2.88. The Morgan fingerprint density at radius 2 is 2.28 bits per heavy atom. The van der Waals surface area contributed by atoms with Crippen molar-refractivity contribution in [2.75, 3.05) is 5.75 Å². The van der Waals surface area contributed by atoms with E-state index in [4.69, 9.17) is 5.73 Å². The summed E-state index contributed by atoms with van der Waals surface area (Å²) in [5, 5.41) is 3.21. The number of carbonyl (C=O) groups is 1. The molecule has 18 heavy (non-hydrogen) atoms. The number of nitrogens with two attached hydrogens (primary N) is 1. The second kappa shape index (κ2) is 6.49. The minimum Gasteiger partial charge on any atom is -0.368 e. The van der Waals surface area contributed by atoms with Crippen LogP contribution in [0.15, 0.2) is 4.34 Å². The van der Waals surface area contributed by atoms with Crippen molar-refractivity contribution >= 4 is 29.2 Å². The Hall–Kier alpha value is -0.660. The van der Waals surface area contributed by atoms with Gasteiger partial charge in [0.05, 0.1) is 0 Å². The Bertz CT molecular complexity index is 408. The number of primary amides is 1. The van der Waals surface area contributed by atoms with Crippen LogP contribution in [0.1, 0.15) is 33.5 Å². The first-order valence-corrected chi connectivity index (χ1v) is 7.66. The fourth-order valence-corrected chi connectivity index (χ4v) is 3.27. The Labute approximate surface area is 116 Å². The molecule has 1 aromatic rings. The standard InChI is InChI=1S/C11H20N4OS2/c1-5-8-13-10(18-15-8)17-6-11(4,9(12)16)14-7(2)3/h7,14H,5-6H2,1-4H3,(H2,12,16). The molecule has 0 aliphatic carbocycles. The molecule has 3 N–H and O–H groups in total. The predicted molar refractivity (Wildman–Crippen MR) is 75.9 cm³/mol. The summed E-state index contributed by atoms with van der Waals surface area (Å²) in [6.07, 6.45) is 0.828.